The molecular weight excluding hydrogens is 312 g/mol. The first-order valence-electron chi connectivity index (χ1n) is 4.72. The van der Waals surface area contributed by atoms with Gasteiger partial charge in [-0.05, 0) is 0 Å². The molecule has 4 nitrogen and oxygen atoms in total. The van der Waals surface area contributed by atoms with E-state index in [0.717, 1.165) is 0 Å². The first-order chi connectivity index (χ1) is 8.37. The highest BCUT2D eigenvalue weighted by Gasteiger charge is 2.75. The summed E-state index contributed by atoms with van der Waals surface area (Å²) in [6, 6.07) is 0. The fourth-order valence-corrected chi connectivity index (χ4v) is 2.25. The standard InChI is InChI=1S/C7H8F7O4P/c8-3-5(9,10)7(13,14)6(11,12)4-1-2-17-19(15,16)18-4/h4H,1-3H2,(H,15,16). The van der Waals surface area contributed by atoms with Crippen LogP contribution in [-0.4, -0.2) is 42.0 Å². The van der Waals surface area contributed by atoms with Crippen LogP contribution in [0.25, 0.3) is 0 Å². The monoisotopic (exact) mass is 320 g/mol. The van der Waals surface area contributed by atoms with Gasteiger partial charge in [-0.3, -0.25) is 9.05 Å². The number of halogens is 7. The van der Waals surface area contributed by atoms with Gasteiger partial charge in [0.1, 0.15) is 6.10 Å². The molecule has 0 aliphatic carbocycles. The molecule has 12 heteroatoms. The van der Waals surface area contributed by atoms with Gasteiger partial charge >= 0.3 is 25.6 Å². The lowest BCUT2D eigenvalue weighted by molar-refractivity contribution is -0.335. The van der Waals surface area contributed by atoms with E-state index in [-0.39, 0.29) is 0 Å². The van der Waals surface area contributed by atoms with E-state index in [1.165, 1.54) is 0 Å². The summed E-state index contributed by atoms with van der Waals surface area (Å²) in [5, 5.41) is 0. The van der Waals surface area contributed by atoms with Crippen LogP contribution in [0.4, 0.5) is 30.7 Å². The SMILES string of the molecule is O=P1(O)OCCC(C(F)(F)C(F)(F)C(F)(F)CF)O1. The number of phosphoric acid groups is 1. The molecule has 0 amide bonds. The molecule has 1 heterocycles. The van der Waals surface area contributed by atoms with Crippen molar-refractivity contribution >= 4 is 7.82 Å². The third-order valence-corrected chi connectivity index (χ3v) is 3.37. The van der Waals surface area contributed by atoms with Gasteiger partial charge in [-0.2, -0.15) is 26.3 Å². The van der Waals surface area contributed by atoms with Crippen LogP contribution in [0.2, 0.25) is 0 Å². The van der Waals surface area contributed by atoms with Gasteiger partial charge in [0.2, 0.25) is 0 Å². The number of alkyl halides is 7. The molecule has 114 valence electrons. The molecule has 0 aromatic carbocycles. The van der Waals surface area contributed by atoms with Crippen molar-refractivity contribution in [3.8, 4) is 0 Å². The minimum absolute atomic E-state index is 0.870. The third-order valence-electron chi connectivity index (χ3n) is 2.35. The van der Waals surface area contributed by atoms with Crippen molar-refractivity contribution in [1.29, 1.82) is 0 Å². The zero-order chi connectivity index (χ0) is 15.1. The minimum Gasteiger partial charge on any atom is -0.302 e. The van der Waals surface area contributed by atoms with Crippen LogP contribution in [0.1, 0.15) is 6.42 Å². The van der Waals surface area contributed by atoms with Crippen molar-refractivity contribution in [3.05, 3.63) is 0 Å². The van der Waals surface area contributed by atoms with E-state index >= 15 is 0 Å². The van der Waals surface area contributed by atoms with E-state index < -0.39 is 51.4 Å². The molecule has 2 atom stereocenters. The third kappa shape index (κ3) is 2.88. The molecule has 0 aromatic heterocycles. The van der Waals surface area contributed by atoms with Gasteiger partial charge in [-0.15, -0.1) is 0 Å². The smallest absolute Gasteiger partial charge is 0.302 e. The summed E-state index contributed by atoms with van der Waals surface area (Å²) in [5.74, 6) is -17.3. The van der Waals surface area contributed by atoms with Crippen molar-refractivity contribution in [2.75, 3.05) is 13.3 Å². The Balaban J connectivity index is 3.06. The van der Waals surface area contributed by atoms with Crippen molar-refractivity contribution < 1.29 is 49.2 Å². The topological polar surface area (TPSA) is 55.8 Å². The molecule has 19 heavy (non-hydrogen) atoms. The van der Waals surface area contributed by atoms with E-state index in [1.807, 2.05) is 0 Å². The molecule has 1 rings (SSSR count). The van der Waals surface area contributed by atoms with Crippen LogP contribution in [0.5, 0.6) is 0 Å². The molecule has 1 fully saturated rings. The van der Waals surface area contributed by atoms with E-state index in [1.54, 1.807) is 0 Å². The zero-order valence-electron chi connectivity index (χ0n) is 8.96. The van der Waals surface area contributed by atoms with Crippen LogP contribution in [0, 0.1) is 0 Å². The van der Waals surface area contributed by atoms with Gasteiger partial charge in [0.05, 0.1) is 6.61 Å². The van der Waals surface area contributed by atoms with E-state index in [4.69, 9.17) is 4.89 Å². The van der Waals surface area contributed by atoms with Crippen LogP contribution in [0.15, 0.2) is 0 Å². The van der Waals surface area contributed by atoms with Crippen LogP contribution < -0.4 is 0 Å². The number of hydrogen-bond acceptors (Lipinski definition) is 3. The largest absolute Gasteiger partial charge is 0.472 e. The van der Waals surface area contributed by atoms with E-state index in [0.29, 0.717) is 0 Å². The van der Waals surface area contributed by atoms with Crippen molar-refractivity contribution in [3.63, 3.8) is 0 Å². The highest BCUT2D eigenvalue weighted by molar-refractivity contribution is 7.47. The average molecular weight is 320 g/mol. The summed E-state index contributed by atoms with van der Waals surface area (Å²) < 4.78 is 108. The van der Waals surface area contributed by atoms with Crippen molar-refractivity contribution in [1.82, 2.24) is 0 Å². The highest BCUT2D eigenvalue weighted by Crippen LogP contribution is 2.56. The minimum atomic E-state index is -6.09. The Morgan fingerprint density at radius 2 is 1.74 bits per heavy atom. The quantitative estimate of drug-likeness (QED) is 0.639. The van der Waals surface area contributed by atoms with Crippen LogP contribution in [-0.2, 0) is 13.6 Å². The van der Waals surface area contributed by atoms with Gasteiger partial charge in [-0.25, -0.2) is 8.96 Å². The summed E-state index contributed by atoms with van der Waals surface area (Å²) >= 11 is 0. The molecule has 0 aromatic rings. The lowest BCUT2D eigenvalue weighted by Crippen LogP contribution is -2.61. The molecule has 0 radical (unpaired) electrons. The summed E-state index contributed by atoms with van der Waals surface area (Å²) in [4.78, 5) is 8.71. The molecule has 0 bridgehead atoms. The number of rotatable bonds is 4. The van der Waals surface area contributed by atoms with Crippen molar-refractivity contribution in [2.45, 2.75) is 30.3 Å². The summed E-state index contributed by atoms with van der Waals surface area (Å²) in [5.41, 5.74) is 0. The molecule has 2 unspecified atom stereocenters. The van der Waals surface area contributed by atoms with Gasteiger partial charge in [-0.1, -0.05) is 0 Å². The number of hydrogen-bond donors (Lipinski definition) is 1. The van der Waals surface area contributed by atoms with E-state index in [9.17, 15) is 35.3 Å². The Morgan fingerprint density at radius 1 is 1.21 bits per heavy atom. The zero-order valence-corrected chi connectivity index (χ0v) is 9.86. The van der Waals surface area contributed by atoms with Gasteiger partial charge in [0.25, 0.3) is 0 Å². The maximum Gasteiger partial charge on any atom is 0.472 e. The van der Waals surface area contributed by atoms with Gasteiger partial charge < -0.3 is 4.89 Å². The predicted octanol–water partition coefficient (Wildman–Crippen LogP) is 2.77. The van der Waals surface area contributed by atoms with Crippen LogP contribution >= 0.6 is 7.82 Å². The maximum atomic E-state index is 13.3. The predicted molar refractivity (Wildman–Crippen MR) is 46.1 cm³/mol. The first kappa shape index (κ1) is 16.7. The molecular formula is C7H8F7O4P. The Labute approximate surface area is 102 Å². The Bertz CT molecular complexity index is 388. The lowest BCUT2D eigenvalue weighted by Gasteiger charge is -2.37. The Morgan fingerprint density at radius 3 is 2.16 bits per heavy atom. The summed E-state index contributed by atoms with van der Waals surface area (Å²) in [6.45, 7) is -3.89. The Hall–Kier alpha value is -0.380. The Kier molecular flexibility index (Phi) is 4.27. The van der Waals surface area contributed by atoms with Gasteiger partial charge in [0.15, 0.2) is 6.67 Å². The fraction of sp³-hybridized carbons (Fsp3) is 1.00. The second kappa shape index (κ2) is 4.87. The lowest BCUT2D eigenvalue weighted by atomic mass is 9.98. The van der Waals surface area contributed by atoms with Crippen LogP contribution in [0.3, 0.4) is 0 Å². The first-order valence-corrected chi connectivity index (χ1v) is 6.22. The molecule has 0 spiro atoms. The second-order valence-electron chi connectivity index (χ2n) is 3.72. The number of phosphoric ester groups is 1. The molecule has 1 N–H and O–H groups in total. The maximum absolute atomic E-state index is 13.3. The molecule has 1 aliphatic rings. The summed E-state index contributed by atoms with van der Waals surface area (Å²) in [6.07, 6.45) is -4.03. The molecule has 1 aliphatic heterocycles. The summed E-state index contributed by atoms with van der Waals surface area (Å²) in [7, 11) is -5.02. The van der Waals surface area contributed by atoms with Gasteiger partial charge in [0, 0.05) is 6.42 Å². The molecule has 1 saturated heterocycles. The second-order valence-corrected chi connectivity index (χ2v) is 5.13. The molecule has 0 saturated carbocycles. The average Bonchev–Trinajstić information content (AvgIpc) is 2.27. The fourth-order valence-electron chi connectivity index (χ4n) is 1.30. The van der Waals surface area contributed by atoms with E-state index in [2.05, 4.69) is 9.05 Å². The normalized spacial score (nSPS) is 30.4. The highest BCUT2D eigenvalue weighted by atomic mass is 31.2. The van der Waals surface area contributed by atoms with Crippen molar-refractivity contribution in [2.24, 2.45) is 0 Å².